The molecule has 1 heterocycles. The van der Waals surface area contributed by atoms with Crippen LogP contribution in [0.4, 0.5) is 10.5 Å². The number of aromatic nitrogens is 1. The number of pyridine rings is 1. The number of urea groups is 1. The lowest BCUT2D eigenvalue weighted by Gasteiger charge is -2.21. The Bertz CT molecular complexity index is 935. The third-order valence-electron chi connectivity index (χ3n) is 4.45. The molecular weight excluding hydrogens is 384 g/mol. The highest BCUT2D eigenvalue weighted by Crippen LogP contribution is 2.20. The van der Waals surface area contributed by atoms with Crippen LogP contribution in [0.2, 0.25) is 0 Å². The van der Waals surface area contributed by atoms with Crippen molar-refractivity contribution in [3.63, 3.8) is 0 Å². The molecule has 1 atom stereocenters. The largest absolute Gasteiger partial charge is 0.593 e. The number of carbonyl (C=O) groups excluding carboxylic acids is 1. The van der Waals surface area contributed by atoms with Crippen molar-refractivity contribution >= 4 is 23.1 Å². The van der Waals surface area contributed by atoms with E-state index in [9.17, 15) is 9.35 Å². The number of aryl methyl sites for hydroxylation is 1. The van der Waals surface area contributed by atoms with Gasteiger partial charge in [0.05, 0.1) is 17.9 Å². The first kappa shape index (κ1) is 20.9. The van der Waals surface area contributed by atoms with E-state index in [4.69, 9.17) is 0 Å². The van der Waals surface area contributed by atoms with E-state index >= 15 is 0 Å². The first-order valence-electron chi connectivity index (χ1n) is 9.24. The molecule has 29 heavy (non-hydrogen) atoms. The van der Waals surface area contributed by atoms with Crippen LogP contribution in [0.5, 0.6) is 0 Å². The first-order chi connectivity index (χ1) is 14.0. The maximum atomic E-state index is 12.8. The Morgan fingerprint density at radius 1 is 1.07 bits per heavy atom. The maximum absolute atomic E-state index is 12.8. The highest BCUT2D eigenvalue weighted by molar-refractivity contribution is 7.89. The smallest absolute Gasteiger partial charge is 0.319 e. The highest BCUT2D eigenvalue weighted by atomic mass is 32.2. The molecule has 0 saturated heterocycles. The van der Waals surface area contributed by atoms with Crippen molar-refractivity contribution in [2.24, 2.45) is 0 Å². The summed E-state index contributed by atoms with van der Waals surface area (Å²) in [5.41, 5.74) is 3.93. The zero-order valence-corrected chi connectivity index (χ0v) is 17.3. The van der Waals surface area contributed by atoms with Crippen LogP contribution < -0.4 is 10.6 Å². The minimum atomic E-state index is -1.29. The van der Waals surface area contributed by atoms with Crippen molar-refractivity contribution in [1.82, 2.24) is 14.6 Å². The van der Waals surface area contributed by atoms with E-state index in [-0.39, 0.29) is 6.03 Å². The van der Waals surface area contributed by atoms with E-state index in [1.165, 1.54) is 5.56 Å². The van der Waals surface area contributed by atoms with E-state index in [2.05, 4.69) is 15.6 Å². The Morgan fingerprint density at radius 3 is 2.45 bits per heavy atom. The maximum Gasteiger partial charge on any atom is 0.319 e. The van der Waals surface area contributed by atoms with Crippen LogP contribution in [0.1, 0.15) is 16.7 Å². The van der Waals surface area contributed by atoms with Crippen LogP contribution in [-0.2, 0) is 24.5 Å². The van der Waals surface area contributed by atoms with Crippen molar-refractivity contribution in [3.05, 3.63) is 89.7 Å². The molecule has 1 aromatic heterocycles. The minimum absolute atomic E-state index is 0.299. The Morgan fingerprint density at radius 2 is 1.76 bits per heavy atom. The SMILES string of the molecule is Cc1ccccc1CN(C)[S+]([O-])c1ccc(NC(=O)NCc2ccncc2)cc1. The Balaban J connectivity index is 1.53. The quantitative estimate of drug-likeness (QED) is 0.582. The average molecular weight is 409 g/mol. The predicted octanol–water partition coefficient (Wildman–Crippen LogP) is 3.87. The summed E-state index contributed by atoms with van der Waals surface area (Å²) in [5.74, 6) is 0. The van der Waals surface area contributed by atoms with Crippen molar-refractivity contribution < 1.29 is 9.35 Å². The van der Waals surface area contributed by atoms with Crippen LogP contribution in [0, 0.1) is 6.92 Å². The lowest BCUT2D eigenvalue weighted by molar-refractivity contribution is 0.251. The number of anilines is 1. The molecule has 2 aromatic carbocycles. The number of nitrogens with zero attached hydrogens (tertiary/aromatic N) is 2. The van der Waals surface area contributed by atoms with Gasteiger partial charge in [0.1, 0.15) is 0 Å². The fourth-order valence-corrected chi connectivity index (χ4v) is 3.76. The summed E-state index contributed by atoms with van der Waals surface area (Å²) in [5, 5.41) is 5.57. The zero-order chi connectivity index (χ0) is 20.6. The lowest BCUT2D eigenvalue weighted by Crippen LogP contribution is -2.28. The topological polar surface area (TPSA) is 80.3 Å². The number of nitrogens with one attached hydrogen (secondary N) is 2. The second kappa shape index (κ2) is 10.1. The summed E-state index contributed by atoms with van der Waals surface area (Å²) in [7, 11) is 1.83. The molecule has 6 nitrogen and oxygen atoms in total. The van der Waals surface area contributed by atoms with Crippen LogP contribution in [0.3, 0.4) is 0 Å². The van der Waals surface area contributed by atoms with Gasteiger partial charge in [-0.15, -0.1) is 4.31 Å². The monoisotopic (exact) mass is 408 g/mol. The Kier molecular flexibility index (Phi) is 7.24. The van der Waals surface area contributed by atoms with E-state index in [0.717, 1.165) is 11.1 Å². The molecule has 0 bridgehead atoms. The molecule has 3 aromatic rings. The lowest BCUT2D eigenvalue weighted by atomic mass is 10.1. The van der Waals surface area contributed by atoms with Gasteiger partial charge in [-0.2, -0.15) is 0 Å². The van der Waals surface area contributed by atoms with Gasteiger partial charge in [0.25, 0.3) is 0 Å². The normalized spacial score (nSPS) is 11.9. The van der Waals surface area contributed by atoms with Crippen molar-refractivity contribution in [2.75, 3.05) is 12.4 Å². The summed E-state index contributed by atoms with van der Waals surface area (Å²) in [6.07, 6.45) is 3.37. The molecule has 0 aliphatic rings. The van der Waals surface area contributed by atoms with Gasteiger partial charge < -0.3 is 15.2 Å². The van der Waals surface area contributed by atoms with Gasteiger partial charge >= 0.3 is 6.03 Å². The summed E-state index contributed by atoms with van der Waals surface area (Å²) in [4.78, 5) is 16.7. The van der Waals surface area contributed by atoms with E-state index in [1.54, 1.807) is 41.0 Å². The standard InChI is InChI=1S/C22H24N4O2S/c1-17-5-3-4-6-19(17)16-26(2)29(28)21-9-7-20(8-10-21)25-22(27)24-15-18-11-13-23-14-12-18/h3-14H,15-16H2,1-2H3,(H2,24,25,27). The van der Waals surface area contributed by atoms with Gasteiger partial charge in [0, 0.05) is 31.7 Å². The molecule has 0 fully saturated rings. The fraction of sp³-hybridized carbons (Fsp3) is 0.182. The first-order valence-corrected chi connectivity index (χ1v) is 10.3. The second-order valence-electron chi connectivity index (χ2n) is 6.65. The number of carbonyl (C=O) groups is 1. The number of benzene rings is 2. The molecule has 2 N–H and O–H groups in total. The van der Waals surface area contributed by atoms with Gasteiger partial charge in [0.2, 0.25) is 0 Å². The Hall–Kier alpha value is -2.87. The molecule has 0 aliphatic carbocycles. The van der Waals surface area contributed by atoms with Gasteiger partial charge in [-0.1, -0.05) is 24.3 Å². The van der Waals surface area contributed by atoms with Crippen molar-refractivity contribution in [1.29, 1.82) is 0 Å². The fourth-order valence-electron chi connectivity index (χ4n) is 2.78. The van der Waals surface area contributed by atoms with Crippen LogP contribution in [0.25, 0.3) is 0 Å². The van der Waals surface area contributed by atoms with Gasteiger partial charge in [-0.25, -0.2) is 4.79 Å². The minimum Gasteiger partial charge on any atom is -0.593 e. The molecule has 150 valence electrons. The molecule has 0 aliphatic heterocycles. The molecule has 1 unspecified atom stereocenters. The Labute approximate surface area is 174 Å². The molecule has 0 radical (unpaired) electrons. The molecule has 3 rings (SSSR count). The zero-order valence-electron chi connectivity index (χ0n) is 16.5. The highest BCUT2D eigenvalue weighted by Gasteiger charge is 2.19. The molecule has 0 spiro atoms. The second-order valence-corrected chi connectivity index (χ2v) is 8.24. The molecule has 2 amide bonds. The molecule has 0 saturated carbocycles. The van der Waals surface area contributed by atoms with Crippen LogP contribution in [0.15, 0.2) is 78.0 Å². The van der Waals surface area contributed by atoms with E-state index in [1.807, 2.05) is 50.4 Å². The molecule has 7 heteroatoms. The number of amides is 2. The third-order valence-corrected chi connectivity index (χ3v) is 5.82. The van der Waals surface area contributed by atoms with E-state index < -0.39 is 11.4 Å². The third kappa shape index (κ3) is 6.05. The van der Waals surface area contributed by atoms with Crippen LogP contribution in [-0.4, -0.2) is 26.9 Å². The summed E-state index contributed by atoms with van der Waals surface area (Å²) in [6.45, 7) is 3.06. The predicted molar refractivity (Wildman–Crippen MR) is 116 cm³/mol. The van der Waals surface area contributed by atoms with Gasteiger partial charge in [-0.3, -0.25) is 4.98 Å². The van der Waals surface area contributed by atoms with Crippen LogP contribution >= 0.6 is 0 Å². The summed E-state index contributed by atoms with van der Waals surface area (Å²) in [6, 6.07) is 18.5. The number of hydrogen-bond donors (Lipinski definition) is 2. The number of hydrogen-bond acceptors (Lipinski definition) is 4. The van der Waals surface area contributed by atoms with Gasteiger partial charge in [-0.05, 0) is 60.0 Å². The van der Waals surface area contributed by atoms with Crippen molar-refractivity contribution in [2.45, 2.75) is 24.9 Å². The summed E-state index contributed by atoms with van der Waals surface area (Å²) < 4.78 is 14.6. The summed E-state index contributed by atoms with van der Waals surface area (Å²) >= 11 is -1.29. The number of rotatable bonds is 7. The average Bonchev–Trinajstić information content (AvgIpc) is 2.74. The molecular formula is C22H24N4O2S. The van der Waals surface area contributed by atoms with E-state index in [0.29, 0.717) is 23.7 Å². The van der Waals surface area contributed by atoms with Gasteiger partial charge in [0.15, 0.2) is 4.90 Å². The van der Waals surface area contributed by atoms with Crippen molar-refractivity contribution in [3.8, 4) is 0 Å².